The molecule has 0 aromatic heterocycles. The molecule has 1 aromatic rings. The van der Waals surface area contributed by atoms with E-state index in [0.717, 1.165) is 17.3 Å². The van der Waals surface area contributed by atoms with Crippen LogP contribution in [0.1, 0.15) is 6.42 Å². The molecule has 0 aliphatic carbocycles. The zero-order valence-electron chi connectivity index (χ0n) is 7.80. The fourth-order valence-electron chi connectivity index (χ4n) is 0.937. The van der Waals surface area contributed by atoms with Gasteiger partial charge in [-0.25, -0.2) is 4.39 Å². The first-order valence-corrected chi connectivity index (χ1v) is 5.45. The fourth-order valence-corrected chi connectivity index (χ4v) is 1.22. The van der Waals surface area contributed by atoms with Crippen LogP contribution in [-0.2, 0) is 0 Å². The molecule has 1 aromatic carbocycles. The molecule has 1 nitrogen and oxygen atoms in total. The zero-order valence-corrected chi connectivity index (χ0v) is 9.39. The highest BCUT2D eigenvalue weighted by molar-refractivity contribution is 9.09. The highest BCUT2D eigenvalue weighted by Crippen LogP contribution is 2.13. The molecule has 1 rings (SSSR count). The Hall–Kier alpha value is -0.830. The zero-order chi connectivity index (χ0) is 10.4. The summed E-state index contributed by atoms with van der Waals surface area (Å²) in [5.41, 5.74) is 1.07. The molecule has 3 heteroatoms. The minimum atomic E-state index is -0.276. The predicted octanol–water partition coefficient (Wildman–Crippen LogP) is 3.55. The molecule has 0 fully saturated rings. The molecule has 0 aliphatic rings. The topological polar surface area (TPSA) is 9.23 Å². The number of hydrogen-bond acceptors (Lipinski definition) is 1. The third-order valence-corrected chi connectivity index (χ3v) is 2.50. The lowest BCUT2D eigenvalue weighted by Gasteiger charge is -2.06. The van der Waals surface area contributed by atoms with Gasteiger partial charge < -0.3 is 4.74 Å². The Morgan fingerprint density at radius 2 is 2.29 bits per heavy atom. The summed E-state index contributed by atoms with van der Waals surface area (Å²) in [5, 5.41) is 0.777. The van der Waals surface area contributed by atoms with Crippen LogP contribution in [-0.4, -0.2) is 11.9 Å². The predicted molar refractivity (Wildman–Crippen MR) is 59.4 cm³/mol. The van der Waals surface area contributed by atoms with Crippen LogP contribution >= 0.6 is 15.9 Å². The van der Waals surface area contributed by atoms with Crippen LogP contribution in [0.4, 0.5) is 4.39 Å². The molecule has 0 unspecified atom stereocenters. The fraction of sp³-hybridized carbons (Fsp3) is 0.273. The van der Waals surface area contributed by atoms with E-state index in [1.54, 1.807) is 12.1 Å². The summed E-state index contributed by atoms with van der Waals surface area (Å²) in [6, 6.07) is 6.13. The van der Waals surface area contributed by atoms with Gasteiger partial charge in [0.2, 0.25) is 0 Å². The van der Waals surface area contributed by atoms with Crippen molar-refractivity contribution < 1.29 is 9.13 Å². The van der Waals surface area contributed by atoms with Crippen molar-refractivity contribution in [3.63, 3.8) is 0 Å². The van der Waals surface area contributed by atoms with Crippen molar-refractivity contribution in [1.82, 2.24) is 0 Å². The first kappa shape index (κ1) is 11.2. The first-order valence-electron chi connectivity index (χ1n) is 4.33. The summed E-state index contributed by atoms with van der Waals surface area (Å²) in [7, 11) is 0. The van der Waals surface area contributed by atoms with Crippen LogP contribution in [0.25, 0.3) is 0 Å². The van der Waals surface area contributed by atoms with Gasteiger partial charge in [0, 0.05) is 17.8 Å². The van der Waals surface area contributed by atoms with E-state index in [9.17, 15) is 4.39 Å². The number of ether oxygens (including phenoxy) is 1. The summed E-state index contributed by atoms with van der Waals surface area (Å²) in [5.74, 6) is 0.286. The number of benzene rings is 1. The third kappa shape index (κ3) is 3.92. The maximum Gasteiger partial charge on any atom is 0.126 e. The van der Waals surface area contributed by atoms with Gasteiger partial charge in [-0.2, -0.15) is 0 Å². The van der Waals surface area contributed by atoms with Crippen LogP contribution in [0, 0.1) is 5.82 Å². The van der Waals surface area contributed by atoms with Crippen LogP contribution in [0.2, 0.25) is 0 Å². The maximum atomic E-state index is 12.7. The van der Waals surface area contributed by atoms with E-state index >= 15 is 0 Å². The SMILES string of the molecule is C=C(CBr)CCOc1cccc(F)c1. The van der Waals surface area contributed by atoms with Crippen molar-refractivity contribution in [1.29, 1.82) is 0 Å². The lowest BCUT2D eigenvalue weighted by Crippen LogP contribution is -1.99. The maximum absolute atomic E-state index is 12.7. The molecule has 0 atom stereocenters. The average Bonchev–Trinajstić information content (AvgIpc) is 2.17. The van der Waals surface area contributed by atoms with Crippen molar-refractivity contribution >= 4 is 15.9 Å². The Bertz CT molecular complexity index is 312. The first-order chi connectivity index (χ1) is 6.72. The molecule has 0 aliphatic heterocycles. The van der Waals surface area contributed by atoms with Gasteiger partial charge in [-0.05, 0) is 12.1 Å². The Labute approximate surface area is 91.7 Å². The third-order valence-electron chi connectivity index (χ3n) is 1.71. The quantitative estimate of drug-likeness (QED) is 0.580. The minimum absolute atomic E-state index is 0.276. The largest absolute Gasteiger partial charge is 0.493 e. The highest BCUT2D eigenvalue weighted by atomic mass is 79.9. The van der Waals surface area contributed by atoms with Gasteiger partial charge in [-0.15, -0.1) is 0 Å². The van der Waals surface area contributed by atoms with Crippen LogP contribution in [0.3, 0.4) is 0 Å². The van der Waals surface area contributed by atoms with Gasteiger partial charge in [-0.1, -0.05) is 34.1 Å². The van der Waals surface area contributed by atoms with E-state index < -0.39 is 0 Å². The smallest absolute Gasteiger partial charge is 0.126 e. The van der Waals surface area contributed by atoms with Crippen molar-refractivity contribution in [2.24, 2.45) is 0 Å². The van der Waals surface area contributed by atoms with Crippen molar-refractivity contribution in [2.75, 3.05) is 11.9 Å². The number of halogens is 2. The van der Waals surface area contributed by atoms with E-state index in [2.05, 4.69) is 22.5 Å². The lowest BCUT2D eigenvalue weighted by atomic mass is 10.2. The highest BCUT2D eigenvalue weighted by Gasteiger charge is 1.96. The normalized spacial score (nSPS) is 9.86. The van der Waals surface area contributed by atoms with E-state index in [1.807, 2.05) is 0 Å². The van der Waals surface area contributed by atoms with Crippen LogP contribution in [0.15, 0.2) is 36.4 Å². The summed E-state index contributed by atoms with van der Waals surface area (Å²) in [6.07, 6.45) is 0.780. The average molecular weight is 259 g/mol. The van der Waals surface area contributed by atoms with Crippen LogP contribution < -0.4 is 4.74 Å². The van der Waals surface area contributed by atoms with Gasteiger partial charge in [0.15, 0.2) is 0 Å². The van der Waals surface area contributed by atoms with E-state index in [-0.39, 0.29) is 5.82 Å². The van der Waals surface area contributed by atoms with Gasteiger partial charge in [-0.3, -0.25) is 0 Å². The molecular weight excluding hydrogens is 247 g/mol. The number of hydrogen-bond donors (Lipinski definition) is 0. The van der Waals surface area contributed by atoms with E-state index in [1.165, 1.54) is 12.1 Å². The van der Waals surface area contributed by atoms with Gasteiger partial charge in [0.1, 0.15) is 11.6 Å². The van der Waals surface area contributed by atoms with E-state index in [0.29, 0.717) is 12.4 Å². The molecule has 0 saturated heterocycles. The Morgan fingerprint density at radius 1 is 1.50 bits per heavy atom. The second-order valence-corrected chi connectivity index (χ2v) is 3.50. The molecule has 0 spiro atoms. The van der Waals surface area contributed by atoms with Gasteiger partial charge >= 0.3 is 0 Å². The molecule has 0 radical (unpaired) electrons. The molecule has 14 heavy (non-hydrogen) atoms. The molecule has 76 valence electrons. The van der Waals surface area contributed by atoms with Crippen molar-refractivity contribution in [2.45, 2.75) is 6.42 Å². The molecule has 0 heterocycles. The standard InChI is InChI=1S/C11H12BrFO/c1-9(8-12)5-6-14-11-4-2-3-10(13)7-11/h2-4,7H,1,5-6,8H2. The Balaban J connectivity index is 2.35. The Morgan fingerprint density at radius 3 is 2.93 bits per heavy atom. The molecule has 0 bridgehead atoms. The second kappa shape index (κ2) is 5.81. The van der Waals surface area contributed by atoms with Gasteiger partial charge in [0.05, 0.1) is 6.61 Å². The molecule has 0 N–H and O–H groups in total. The minimum Gasteiger partial charge on any atom is -0.493 e. The summed E-state index contributed by atoms with van der Waals surface area (Å²) in [6.45, 7) is 4.36. The summed E-state index contributed by atoms with van der Waals surface area (Å²) >= 11 is 3.30. The molecular formula is C11H12BrFO. The summed E-state index contributed by atoms with van der Waals surface area (Å²) in [4.78, 5) is 0. The molecule has 0 saturated carbocycles. The number of alkyl halides is 1. The monoisotopic (exact) mass is 258 g/mol. The summed E-state index contributed by atoms with van der Waals surface area (Å²) < 4.78 is 18.1. The Kier molecular flexibility index (Phi) is 4.66. The van der Waals surface area contributed by atoms with E-state index in [4.69, 9.17) is 4.74 Å². The number of rotatable bonds is 5. The van der Waals surface area contributed by atoms with Crippen molar-refractivity contribution in [3.8, 4) is 5.75 Å². The second-order valence-electron chi connectivity index (χ2n) is 2.94. The van der Waals surface area contributed by atoms with Gasteiger partial charge in [0.25, 0.3) is 0 Å². The lowest BCUT2D eigenvalue weighted by molar-refractivity contribution is 0.320. The van der Waals surface area contributed by atoms with Crippen molar-refractivity contribution in [3.05, 3.63) is 42.2 Å². The van der Waals surface area contributed by atoms with Crippen LogP contribution in [0.5, 0.6) is 5.75 Å². The molecule has 0 amide bonds.